The van der Waals surface area contributed by atoms with E-state index in [1.54, 1.807) is 26.0 Å². The minimum Gasteiger partial charge on any atom is -0.479 e. The van der Waals surface area contributed by atoms with Gasteiger partial charge in [0.1, 0.15) is 16.8 Å². The molecular formula is C12H10N2O3. The smallest absolute Gasteiger partial charge is 0.202 e. The molecule has 0 N–H and O–H groups in total. The number of ether oxygens (including phenoxy) is 1. The average molecular weight is 230 g/mol. The van der Waals surface area contributed by atoms with E-state index in [9.17, 15) is 4.79 Å². The number of fused-ring (bicyclic) bond motifs is 1. The van der Waals surface area contributed by atoms with Crippen LogP contribution >= 0.6 is 0 Å². The molecule has 86 valence electrons. The van der Waals surface area contributed by atoms with Gasteiger partial charge in [-0.1, -0.05) is 0 Å². The molecule has 17 heavy (non-hydrogen) atoms. The minimum absolute atomic E-state index is 0.0362. The van der Waals surface area contributed by atoms with Gasteiger partial charge < -0.3 is 4.74 Å². The Balaban J connectivity index is 2.05. The van der Waals surface area contributed by atoms with Crippen LogP contribution < -0.4 is 0 Å². The third-order valence-corrected chi connectivity index (χ3v) is 2.76. The van der Waals surface area contributed by atoms with E-state index < -0.39 is 5.60 Å². The number of hydrogen-bond donors (Lipinski definition) is 0. The van der Waals surface area contributed by atoms with Crippen LogP contribution in [0, 0.1) is 0 Å². The molecule has 0 amide bonds. The lowest BCUT2D eigenvalue weighted by Gasteiger charge is -2.17. The van der Waals surface area contributed by atoms with Crippen molar-refractivity contribution >= 4 is 22.6 Å². The van der Waals surface area contributed by atoms with Gasteiger partial charge >= 0.3 is 0 Å². The molecule has 0 saturated heterocycles. The fourth-order valence-electron chi connectivity index (χ4n) is 1.73. The summed E-state index contributed by atoms with van der Waals surface area (Å²) < 4.78 is 10.2. The number of rotatable bonds is 1. The van der Waals surface area contributed by atoms with Gasteiger partial charge in [-0.25, -0.2) is 4.63 Å². The second-order valence-corrected chi connectivity index (χ2v) is 4.45. The van der Waals surface area contributed by atoms with E-state index in [1.807, 2.05) is 6.07 Å². The monoisotopic (exact) mass is 230 g/mol. The van der Waals surface area contributed by atoms with E-state index in [2.05, 4.69) is 14.9 Å². The first kappa shape index (κ1) is 10.0. The van der Waals surface area contributed by atoms with Crippen LogP contribution in [0.15, 0.2) is 28.9 Å². The number of benzene rings is 1. The van der Waals surface area contributed by atoms with Gasteiger partial charge in [0, 0.05) is 11.6 Å². The van der Waals surface area contributed by atoms with Crippen molar-refractivity contribution in [2.75, 3.05) is 0 Å². The third-order valence-electron chi connectivity index (χ3n) is 2.76. The fourth-order valence-corrected chi connectivity index (χ4v) is 1.73. The van der Waals surface area contributed by atoms with E-state index >= 15 is 0 Å². The van der Waals surface area contributed by atoms with Gasteiger partial charge in [-0.15, -0.1) is 0 Å². The van der Waals surface area contributed by atoms with Gasteiger partial charge in [0.2, 0.25) is 5.78 Å². The Labute approximate surface area is 97.0 Å². The van der Waals surface area contributed by atoms with Crippen LogP contribution in [0.25, 0.3) is 16.8 Å². The summed E-state index contributed by atoms with van der Waals surface area (Å²) in [7, 11) is 0. The molecule has 1 aromatic heterocycles. The normalized spacial score (nSPS) is 18.2. The lowest BCUT2D eigenvalue weighted by Crippen LogP contribution is -2.27. The molecule has 0 spiro atoms. The Morgan fingerprint density at radius 2 is 1.94 bits per heavy atom. The number of carbonyl (C=O) groups is 1. The van der Waals surface area contributed by atoms with Crippen molar-refractivity contribution in [1.29, 1.82) is 0 Å². The van der Waals surface area contributed by atoms with Gasteiger partial charge in [0.15, 0.2) is 5.60 Å². The Bertz CT molecular complexity index is 640. The molecule has 5 heteroatoms. The van der Waals surface area contributed by atoms with Crippen LogP contribution in [-0.2, 0) is 9.53 Å². The predicted molar refractivity (Wildman–Crippen MR) is 60.0 cm³/mol. The highest BCUT2D eigenvalue weighted by molar-refractivity contribution is 6.05. The average Bonchev–Trinajstić information content (AvgIpc) is 2.83. The topological polar surface area (TPSA) is 65.2 Å². The van der Waals surface area contributed by atoms with Gasteiger partial charge in [0.25, 0.3) is 0 Å². The molecule has 2 heterocycles. The molecule has 0 saturated carbocycles. The van der Waals surface area contributed by atoms with Crippen molar-refractivity contribution in [2.24, 2.45) is 0 Å². The van der Waals surface area contributed by atoms with Gasteiger partial charge in [-0.3, -0.25) is 4.79 Å². The zero-order valence-electron chi connectivity index (χ0n) is 9.43. The Morgan fingerprint density at radius 3 is 2.65 bits per heavy atom. The second kappa shape index (κ2) is 3.16. The van der Waals surface area contributed by atoms with E-state index in [4.69, 9.17) is 4.74 Å². The first-order valence-corrected chi connectivity index (χ1v) is 5.24. The fraction of sp³-hybridized carbons (Fsp3) is 0.250. The maximum absolute atomic E-state index is 11.6. The van der Waals surface area contributed by atoms with Gasteiger partial charge in [0.05, 0.1) is 0 Å². The number of hydrogen-bond acceptors (Lipinski definition) is 5. The maximum atomic E-state index is 11.6. The van der Waals surface area contributed by atoms with E-state index in [1.165, 1.54) is 6.08 Å². The Kier molecular flexibility index (Phi) is 1.86. The highest BCUT2D eigenvalue weighted by atomic mass is 16.6. The first-order chi connectivity index (χ1) is 8.06. The number of aromatic nitrogens is 2. The summed E-state index contributed by atoms with van der Waals surface area (Å²) in [6.45, 7) is 3.49. The summed E-state index contributed by atoms with van der Waals surface area (Å²) in [5.41, 5.74) is 1.33. The van der Waals surface area contributed by atoms with Crippen molar-refractivity contribution in [3.05, 3.63) is 29.8 Å². The van der Waals surface area contributed by atoms with Crippen molar-refractivity contribution < 1.29 is 14.2 Å². The molecule has 0 atom stereocenters. The van der Waals surface area contributed by atoms with E-state index in [-0.39, 0.29) is 5.78 Å². The second-order valence-electron chi connectivity index (χ2n) is 4.45. The van der Waals surface area contributed by atoms with Crippen molar-refractivity contribution in [1.82, 2.24) is 10.3 Å². The highest BCUT2D eigenvalue weighted by Crippen LogP contribution is 2.31. The standard InChI is InChI=1S/C12H10N2O3/c1-12(2)11(15)6-10(16-12)7-3-4-8-9(5-7)14-17-13-8/h3-6H,1-2H3. The molecule has 0 fully saturated rings. The zero-order valence-corrected chi connectivity index (χ0v) is 9.43. The van der Waals surface area contributed by atoms with E-state index in [0.29, 0.717) is 16.8 Å². The predicted octanol–water partition coefficient (Wildman–Crippen LogP) is 1.94. The van der Waals surface area contributed by atoms with Gasteiger partial charge in [-0.2, -0.15) is 0 Å². The summed E-state index contributed by atoms with van der Waals surface area (Å²) in [6.07, 6.45) is 1.51. The molecule has 1 aromatic carbocycles. The summed E-state index contributed by atoms with van der Waals surface area (Å²) in [5, 5.41) is 7.47. The number of ketones is 1. The quantitative estimate of drug-likeness (QED) is 0.749. The summed E-state index contributed by atoms with van der Waals surface area (Å²) in [5.74, 6) is 0.524. The lowest BCUT2D eigenvalue weighted by atomic mass is 10.1. The molecule has 2 aromatic rings. The van der Waals surface area contributed by atoms with Crippen LogP contribution in [0.2, 0.25) is 0 Å². The molecular weight excluding hydrogens is 220 g/mol. The molecule has 0 bridgehead atoms. The Morgan fingerprint density at radius 1 is 1.18 bits per heavy atom. The molecule has 0 unspecified atom stereocenters. The number of carbonyl (C=O) groups excluding carboxylic acids is 1. The van der Waals surface area contributed by atoms with E-state index in [0.717, 1.165) is 5.56 Å². The summed E-state index contributed by atoms with van der Waals surface area (Å²) in [4.78, 5) is 11.6. The van der Waals surface area contributed by atoms with Crippen LogP contribution in [-0.4, -0.2) is 21.7 Å². The molecule has 1 aliphatic rings. The van der Waals surface area contributed by atoms with Crippen LogP contribution in [0.4, 0.5) is 0 Å². The van der Waals surface area contributed by atoms with Gasteiger partial charge in [-0.05, 0) is 42.4 Å². The largest absolute Gasteiger partial charge is 0.479 e. The minimum atomic E-state index is -0.785. The molecule has 0 radical (unpaired) electrons. The molecule has 1 aliphatic heterocycles. The lowest BCUT2D eigenvalue weighted by molar-refractivity contribution is -0.125. The molecule has 5 nitrogen and oxygen atoms in total. The third kappa shape index (κ3) is 1.51. The SMILES string of the molecule is CC1(C)OC(c2ccc3nonc3c2)=CC1=O. The first-order valence-electron chi connectivity index (χ1n) is 5.24. The summed E-state index contributed by atoms with van der Waals surface area (Å²) in [6, 6.07) is 5.39. The number of nitrogens with zero attached hydrogens (tertiary/aromatic N) is 2. The van der Waals surface area contributed by atoms with Crippen LogP contribution in [0.5, 0.6) is 0 Å². The van der Waals surface area contributed by atoms with Crippen molar-refractivity contribution in [2.45, 2.75) is 19.4 Å². The van der Waals surface area contributed by atoms with Crippen molar-refractivity contribution in [3.8, 4) is 0 Å². The van der Waals surface area contributed by atoms with Crippen LogP contribution in [0.3, 0.4) is 0 Å². The highest BCUT2D eigenvalue weighted by Gasteiger charge is 2.35. The summed E-state index contributed by atoms with van der Waals surface area (Å²) >= 11 is 0. The Hall–Kier alpha value is -2.17. The zero-order chi connectivity index (χ0) is 12.0. The van der Waals surface area contributed by atoms with Crippen LogP contribution in [0.1, 0.15) is 19.4 Å². The molecule has 3 rings (SSSR count). The molecule has 0 aliphatic carbocycles. The van der Waals surface area contributed by atoms with Crippen molar-refractivity contribution in [3.63, 3.8) is 0 Å². The maximum Gasteiger partial charge on any atom is 0.202 e.